The monoisotopic (exact) mass is 534 g/mol. The Morgan fingerprint density at radius 3 is 2.74 bits per heavy atom. The smallest absolute Gasteiger partial charge is 0.246 e. The standard InChI is InChI=1S/C31H42N4O4/c1-2-23-10-11-28-25(18-23)26(19-31(39-28)13-6-7-14-31)32-21-27(36)30(33-20-24-8-4-3-5-9-24)34-29(37)12-15-35-16-17-38-22-35/h3-5,8-12,15,18,26-27,30,32-33,36H,2,6-7,13-14,16-17,19-22H2,1H3,(H,34,37)/b15-12+/t26-,27-,30+/m1/s1. The molecule has 210 valence electrons. The number of hydrogen-bond donors (Lipinski definition) is 4. The highest BCUT2D eigenvalue weighted by atomic mass is 16.5. The highest BCUT2D eigenvalue weighted by Crippen LogP contribution is 2.47. The summed E-state index contributed by atoms with van der Waals surface area (Å²) in [4.78, 5) is 14.7. The van der Waals surface area contributed by atoms with E-state index in [1.807, 2.05) is 35.2 Å². The maximum atomic E-state index is 12.8. The van der Waals surface area contributed by atoms with Crippen LogP contribution in [-0.4, -0.2) is 60.2 Å². The predicted octanol–water partition coefficient (Wildman–Crippen LogP) is 3.37. The van der Waals surface area contributed by atoms with E-state index in [0.29, 0.717) is 26.4 Å². The molecule has 2 fully saturated rings. The number of fused-ring (bicyclic) bond motifs is 1. The van der Waals surface area contributed by atoms with E-state index in [4.69, 9.17) is 9.47 Å². The Morgan fingerprint density at radius 1 is 1.18 bits per heavy atom. The lowest BCUT2D eigenvalue weighted by Gasteiger charge is -2.41. The van der Waals surface area contributed by atoms with E-state index in [1.54, 1.807) is 6.20 Å². The molecule has 4 N–H and O–H groups in total. The van der Waals surface area contributed by atoms with Gasteiger partial charge in [0, 0.05) is 49.9 Å². The molecule has 8 heteroatoms. The Balaban J connectivity index is 1.27. The van der Waals surface area contributed by atoms with Crippen molar-refractivity contribution in [2.75, 3.05) is 26.4 Å². The summed E-state index contributed by atoms with van der Waals surface area (Å²) in [6.07, 6.45) is 8.11. The number of nitrogens with one attached hydrogen (secondary N) is 3. The number of aliphatic hydroxyl groups is 1. The first-order valence-corrected chi connectivity index (χ1v) is 14.3. The molecule has 2 aliphatic heterocycles. The number of aliphatic hydroxyl groups excluding tert-OH is 1. The van der Waals surface area contributed by atoms with Gasteiger partial charge >= 0.3 is 0 Å². The maximum absolute atomic E-state index is 12.8. The average molecular weight is 535 g/mol. The molecular weight excluding hydrogens is 492 g/mol. The molecule has 8 nitrogen and oxygen atoms in total. The van der Waals surface area contributed by atoms with Gasteiger partial charge in [-0.05, 0) is 49.3 Å². The van der Waals surface area contributed by atoms with Crippen molar-refractivity contribution in [3.63, 3.8) is 0 Å². The van der Waals surface area contributed by atoms with E-state index >= 15 is 0 Å². The third-order valence-electron chi connectivity index (χ3n) is 8.12. The molecular formula is C31H42N4O4. The number of benzene rings is 2. The lowest BCUT2D eigenvalue weighted by atomic mass is 9.85. The average Bonchev–Trinajstić information content (AvgIpc) is 3.65. The van der Waals surface area contributed by atoms with E-state index in [2.05, 4.69) is 41.1 Å². The first-order chi connectivity index (χ1) is 19.0. The predicted molar refractivity (Wildman–Crippen MR) is 151 cm³/mol. The van der Waals surface area contributed by atoms with Crippen molar-refractivity contribution < 1.29 is 19.4 Å². The van der Waals surface area contributed by atoms with Gasteiger partial charge in [-0.2, -0.15) is 0 Å². The summed E-state index contributed by atoms with van der Waals surface area (Å²) in [5.74, 6) is 0.691. The highest BCUT2D eigenvalue weighted by Gasteiger charge is 2.43. The zero-order chi connectivity index (χ0) is 27.1. The Morgan fingerprint density at radius 2 is 2.00 bits per heavy atom. The zero-order valence-electron chi connectivity index (χ0n) is 22.9. The molecule has 2 aromatic carbocycles. The highest BCUT2D eigenvalue weighted by molar-refractivity contribution is 5.87. The van der Waals surface area contributed by atoms with Gasteiger partial charge in [0.2, 0.25) is 5.91 Å². The molecule has 2 heterocycles. The molecule has 1 amide bonds. The molecule has 0 aromatic heterocycles. The van der Waals surface area contributed by atoms with E-state index in [9.17, 15) is 9.90 Å². The summed E-state index contributed by atoms with van der Waals surface area (Å²) >= 11 is 0. The Hall–Kier alpha value is -2.91. The van der Waals surface area contributed by atoms with Crippen LogP contribution in [0.2, 0.25) is 0 Å². The van der Waals surface area contributed by atoms with E-state index in [1.165, 1.54) is 24.5 Å². The van der Waals surface area contributed by atoms with E-state index in [-0.39, 0.29) is 17.6 Å². The third kappa shape index (κ3) is 7.19. The first kappa shape index (κ1) is 27.6. The van der Waals surface area contributed by atoms with Gasteiger partial charge in [-0.1, -0.05) is 49.4 Å². The van der Waals surface area contributed by atoms with Gasteiger partial charge in [0.15, 0.2) is 0 Å². The largest absolute Gasteiger partial charge is 0.487 e. The van der Waals surface area contributed by atoms with Crippen LogP contribution >= 0.6 is 0 Å². The summed E-state index contributed by atoms with van der Waals surface area (Å²) in [5.41, 5.74) is 3.38. The van der Waals surface area contributed by atoms with Crippen LogP contribution in [0.4, 0.5) is 0 Å². The van der Waals surface area contributed by atoms with Crippen molar-refractivity contribution in [1.29, 1.82) is 0 Å². The summed E-state index contributed by atoms with van der Waals surface area (Å²) < 4.78 is 11.9. The molecule has 5 rings (SSSR count). The van der Waals surface area contributed by atoms with Crippen molar-refractivity contribution >= 4 is 5.91 Å². The summed E-state index contributed by atoms with van der Waals surface area (Å²) in [5, 5.41) is 21.3. The van der Waals surface area contributed by atoms with Gasteiger partial charge in [-0.25, -0.2) is 0 Å². The van der Waals surface area contributed by atoms with Gasteiger partial charge in [0.05, 0.1) is 12.7 Å². The molecule has 0 unspecified atom stereocenters. The van der Waals surface area contributed by atoms with Crippen LogP contribution in [-0.2, 0) is 22.5 Å². The summed E-state index contributed by atoms with van der Waals surface area (Å²) in [7, 11) is 0. The second kappa shape index (κ2) is 13.0. The topological polar surface area (TPSA) is 95.1 Å². The van der Waals surface area contributed by atoms with E-state index in [0.717, 1.165) is 49.1 Å². The molecule has 3 atom stereocenters. The van der Waals surface area contributed by atoms with Gasteiger partial charge < -0.3 is 30.1 Å². The number of aryl methyl sites for hydroxylation is 1. The zero-order valence-corrected chi connectivity index (χ0v) is 22.9. The molecule has 39 heavy (non-hydrogen) atoms. The Labute approximate surface area is 231 Å². The van der Waals surface area contributed by atoms with Crippen molar-refractivity contribution in [3.05, 3.63) is 77.5 Å². The van der Waals surface area contributed by atoms with Crippen LogP contribution in [0.25, 0.3) is 0 Å². The van der Waals surface area contributed by atoms with Crippen LogP contribution in [0.3, 0.4) is 0 Å². The second-order valence-corrected chi connectivity index (χ2v) is 11.0. The Kier molecular flexibility index (Phi) is 9.19. The number of hydrogen-bond acceptors (Lipinski definition) is 7. The fraction of sp³-hybridized carbons (Fsp3) is 0.516. The van der Waals surface area contributed by atoms with Crippen LogP contribution in [0.15, 0.2) is 60.8 Å². The van der Waals surface area contributed by atoms with Crippen LogP contribution in [0, 0.1) is 0 Å². The number of amides is 1. The lowest BCUT2D eigenvalue weighted by Crippen LogP contribution is -2.55. The number of nitrogens with zero attached hydrogens (tertiary/aromatic N) is 1. The van der Waals surface area contributed by atoms with E-state index < -0.39 is 12.3 Å². The summed E-state index contributed by atoms with van der Waals surface area (Å²) in [6.45, 7) is 4.92. The van der Waals surface area contributed by atoms with Crippen molar-refractivity contribution in [1.82, 2.24) is 20.9 Å². The minimum Gasteiger partial charge on any atom is -0.487 e. The Bertz CT molecular complexity index is 1110. The van der Waals surface area contributed by atoms with Crippen LogP contribution in [0.1, 0.15) is 61.8 Å². The number of ether oxygens (including phenoxy) is 2. The maximum Gasteiger partial charge on any atom is 0.246 e. The minimum atomic E-state index is -0.846. The number of rotatable bonds is 11. The SMILES string of the molecule is CCc1ccc2c(c1)[C@H](NC[C@@H](O)[C@@H](NCc1ccccc1)NC(=O)/C=C/N1CCOC1)CC1(CCCC1)O2. The quantitative estimate of drug-likeness (QED) is 0.259. The van der Waals surface area contributed by atoms with Crippen molar-refractivity contribution in [2.24, 2.45) is 0 Å². The second-order valence-electron chi connectivity index (χ2n) is 11.0. The minimum absolute atomic E-state index is 0.0773. The number of carbonyl (C=O) groups is 1. The normalized spacial score (nSPS) is 21.6. The van der Waals surface area contributed by atoms with Gasteiger partial charge in [0.1, 0.15) is 24.2 Å². The fourth-order valence-electron chi connectivity index (χ4n) is 5.86. The molecule has 1 saturated carbocycles. The fourth-order valence-corrected chi connectivity index (χ4v) is 5.86. The third-order valence-corrected chi connectivity index (χ3v) is 8.12. The van der Waals surface area contributed by atoms with Crippen molar-refractivity contribution in [2.45, 2.75) is 75.9 Å². The van der Waals surface area contributed by atoms with Gasteiger partial charge in [0.25, 0.3) is 0 Å². The number of carbonyl (C=O) groups excluding carboxylic acids is 1. The molecule has 3 aliphatic rings. The molecule has 0 radical (unpaired) electrons. The van der Waals surface area contributed by atoms with Gasteiger partial charge in [-0.3, -0.25) is 10.1 Å². The molecule has 1 aliphatic carbocycles. The van der Waals surface area contributed by atoms with Gasteiger partial charge in [-0.15, -0.1) is 0 Å². The lowest BCUT2D eigenvalue weighted by molar-refractivity contribution is -0.118. The molecule has 0 bridgehead atoms. The molecule has 1 saturated heterocycles. The molecule has 1 spiro atoms. The van der Waals surface area contributed by atoms with Crippen LogP contribution in [0.5, 0.6) is 5.75 Å². The molecule has 2 aromatic rings. The summed E-state index contributed by atoms with van der Waals surface area (Å²) in [6, 6.07) is 16.6. The van der Waals surface area contributed by atoms with Crippen molar-refractivity contribution in [3.8, 4) is 5.75 Å². The first-order valence-electron chi connectivity index (χ1n) is 14.3. The van der Waals surface area contributed by atoms with Crippen LogP contribution < -0.4 is 20.7 Å².